The maximum Gasteiger partial charge on any atom is 0.339 e. The molecule has 0 aliphatic heterocycles. The Balaban J connectivity index is 3.48. The first kappa shape index (κ1) is 12.6. The largest absolute Gasteiger partial charge is 0.494 e. The van der Waals surface area contributed by atoms with E-state index in [1.165, 1.54) is 7.11 Å². The van der Waals surface area contributed by atoms with Crippen molar-refractivity contribution in [1.29, 1.82) is 0 Å². The predicted octanol–water partition coefficient (Wildman–Crippen LogP) is 2.27. The summed E-state index contributed by atoms with van der Waals surface area (Å²) in [7, 11) is 1.27. The van der Waals surface area contributed by atoms with Crippen molar-refractivity contribution in [3.05, 3.63) is 21.7 Å². The minimum absolute atomic E-state index is 0.0234. The number of aromatic carboxylic acids is 1. The number of carboxylic acids is 1. The smallest absolute Gasteiger partial charge is 0.339 e. The van der Waals surface area contributed by atoms with Crippen molar-refractivity contribution in [2.75, 3.05) is 12.4 Å². The molecule has 0 aliphatic rings. The molecule has 0 aliphatic carbocycles. The molecular formula is C9H7Cl2NO4. The molecule has 1 amide bonds. The first-order chi connectivity index (χ1) is 7.52. The van der Waals surface area contributed by atoms with E-state index in [0.29, 0.717) is 6.41 Å². The van der Waals surface area contributed by atoms with Gasteiger partial charge in [-0.15, -0.1) is 0 Å². The quantitative estimate of drug-likeness (QED) is 0.818. The fraction of sp³-hybridized carbons (Fsp3) is 0.111. The summed E-state index contributed by atoms with van der Waals surface area (Å²) in [5.41, 5.74) is -0.0610. The van der Waals surface area contributed by atoms with Gasteiger partial charge in [0.15, 0.2) is 5.75 Å². The second-order valence-corrected chi connectivity index (χ2v) is 3.48. The van der Waals surface area contributed by atoms with Crippen molar-refractivity contribution in [2.45, 2.75) is 0 Å². The number of anilines is 1. The molecule has 1 aromatic rings. The number of carbonyl (C=O) groups is 2. The van der Waals surface area contributed by atoms with Crippen LogP contribution in [0.15, 0.2) is 6.07 Å². The minimum atomic E-state index is -1.22. The summed E-state index contributed by atoms with van der Waals surface area (Å²) in [6.07, 6.45) is 0.382. The zero-order valence-corrected chi connectivity index (χ0v) is 9.59. The number of carboxylic acid groups (broad SMARTS) is 1. The van der Waals surface area contributed by atoms with Gasteiger partial charge in [0, 0.05) is 0 Å². The first-order valence-corrected chi connectivity index (χ1v) is 4.78. The van der Waals surface area contributed by atoms with E-state index in [-0.39, 0.29) is 27.0 Å². The topological polar surface area (TPSA) is 75.6 Å². The van der Waals surface area contributed by atoms with E-state index in [4.69, 9.17) is 33.0 Å². The number of hydrogen-bond acceptors (Lipinski definition) is 3. The Bertz CT molecular complexity index is 448. The maximum absolute atomic E-state index is 10.9. The molecule has 0 bridgehead atoms. The predicted molar refractivity (Wildman–Crippen MR) is 59.7 cm³/mol. The van der Waals surface area contributed by atoms with Gasteiger partial charge in [0.1, 0.15) is 10.6 Å². The first-order valence-electron chi connectivity index (χ1n) is 4.02. The van der Waals surface area contributed by atoms with Crippen LogP contribution in [-0.4, -0.2) is 24.6 Å². The molecule has 0 saturated carbocycles. The Hall–Kier alpha value is -1.46. The molecule has 0 spiro atoms. The van der Waals surface area contributed by atoms with Crippen LogP contribution in [0.2, 0.25) is 10.0 Å². The van der Waals surface area contributed by atoms with Crippen LogP contribution >= 0.6 is 23.2 Å². The van der Waals surface area contributed by atoms with Crippen LogP contribution in [0.5, 0.6) is 5.75 Å². The second-order valence-electron chi connectivity index (χ2n) is 2.70. The fourth-order valence-corrected chi connectivity index (χ4v) is 1.79. The van der Waals surface area contributed by atoms with Gasteiger partial charge < -0.3 is 15.2 Å². The van der Waals surface area contributed by atoms with E-state index in [0.717, 1.165) is 6.07 Å². The van der Waals surface area contributed by atoms with Crippen molar-refractivity contribution in [2.24, 2.45) is 0 Å². The maximum atomic E-state index is 10.9. The number of amides is 1. The molecule has 2 N–H and O–H groups in total. The Morgan fingerprint density at radius 1 is 1.56 bits per heavy atom. The van der Waals surface area contributed by atoms with Crippen molar-refractivity contribution in [3.63, 3.8) is 0 Å². The highest BCUT2D eigenvalue weighted by molar-refractivity contribution is 6.41. The molecule has 0 radical (unpaired) electrons. The molecule has 1 rings (SSSR count). The Morgan fingerprint density at radius 3 is 2.62 bits per heavy atom. The molecule has 0 heterocycles. The highest BCUT2D eigenvalue weighted by Gasteiger charge is 2.20. The van der Waals surface area contributed by atoms with E-state index < -0.39 is 5.97 Å². The van der Waals surface area contributed by atoms with E-state index in [1.54, 1.807) is 0 Å². The molecule has 0 saturated heterocycles. The lowest BCUT2D eigenvalue weighted by Gasteiger charge is -2.12. The summed E-state index contributed by atoms with van der Waals surface area (Å²) in [6, 6.07) is 1.15. The fourth-order valence-electron chi connectivity index (χ4n) is 1.15. The number of rotatable bonds is 4. The lowest BCUT2D eigenvalue weighted by molar-refractivity contribution is -0.105. The monoisotopic (exact) mass is 263 g/mol. The Labute approximate surface area is 101 Å². The van der Waals surface area contributed by atoms with Crippen LogP contribution in [0.3, 0.4) is 0 Å². The van der Waals surface area contributed by atoms with Gasteiger partial charge >= 0.3 is 5.97 Å². The highest BCUT2D eigenvalue weighted by atomic mass is 35.5. The van der Waals surface area contributed by atoms with Crippen LogP contribution in [-0.2, 0) is 4.79 Å². The van der Waals surface area contributed by atoms with Gasteiger partial charge in [-0.25, -0.2) is 4.79 Å². The average Bonchev–Trinajstić information content (AvgIpc) is 2.23. The van der Waals surface area contributed by atoms with Crippen molar-refractivity contribution in [3.8, 4) is 5.75 Å². The Morgan fingerprint density at radius 2 is 2.19 bits per heavy atom. The van der Waals surface area contributed by atoms with Crippen LogP contribution in [0.4, 0.5) is 5.69 Å². The number of ether oxygens (including phenoxy) is 1. The van der Waals surface area contributed by atoms with Crippen molar-refractivity contribution < 1.29 is 19.4 Å². The molecular weight excluding hydrogens is 257 g/mol. The third kappa shape index (κ3) is 2.20. The van der Waals surface area contributed by atoms with Gasteiger partial charge in [-0.05, 0) is 6.07 Å². The van der Waals surface area contributed by atoms with Crippen LogP contribution < -0.4 is 10.1 Å². The van der Waals surface area contributed by atoms with Gasteiger partial charge in [0.2, 0.25) is 6.41 Å². The van der Waals surface area contributed by atoms with E-state index in [9.17, 15) is 9.59 Å². The summed E-state index contributed by atoms with van der Waals surface area (Å²) in [5, 5.41) is 11.1. The van der Waals surface area contributed by atoms with E-state index in [2.05, 4.69) is 5.32 Å². The number of methoxy groups -OCH3 is 1. The SMILES string of the molecule is COc1c(C(=O)O)cc(Cl)c(NC=O)c1Cl. The molecule has 1 aromatic carbocycles. The van der Waals surface area contributed by atoms with E-state index >= 15 is 0 Å². The third-order valence-corrected chi connectivity index (χ3v) is 2.47. The zero-order valence-electron chi connectivity index (χ0n) is 8.08. The lowest BCUT2D eigenvalue weighted by atomic mass is 10.1. The van der Waals surface area contributed by atoms with Gasteiger partial charge in [0.25, 0.3) is 0 Å². The molecule has 0 unspecified atom stereocenters. The summed E-state index contributed by atoms with van der Waals surface area (Å²) in [4.78, 5) is 21.2. The number of nitrogens with one attached hydrogen (secondary N) is 1. The second kappa shape index (κ2) is 5.05. The molecule has 7 heteroatoms. The number of carbonyl (C=O) groups excluding carboxylic acids is 1. The van der Waals surface area contributed by atoms with Crippen LogP contribution in [0.25, 0.3) is 0 Å². The molecule has 16 heavy (non-hydrogen) atoms. The lowest BCUT2D eigenvalue weighted by Crippen LogP contribution is -2.04. The summed E-state index contributed by atoms with van der Waals surface area (Å²) >= 11 is 11.6. The van der Waals surface area contributed by atoms with Gasteiger partial charge in [-0.1, -0.05) is 23.2 Å². The molecule has 0 aromatic heterocycles. The number of halogens is 2. The molecule has 86 valence electrons. The average molecular weight is 264 g/mol. The zero-order chi connectivity index (χ0) is 12.3. The normalized spacial score (nSPS) is 9.69. The highest BCUT2D eigenvalue weighted by Crippen LogP contribution is 2.40. The van der Waals surface area contributed by atoms with Crippen LogP contribution in [0, 0.1) is 0 Å². The molecule has 0 atom stereocenters. The minimum Gasteiger partial charge on any atom is -0.494 e. The van der Waals surface area contributed by atoms with Gasteiger partial charge in [-0.3, -0.25) is 4.79 Å². The third-order valence-electron chi connectivity index (χ3n) is 1.81. The molecule has 5 nitrogen and oxygen atoms in total. The van der Waals surface area contributed by atoms with Crippen LogP contribution in [0.1, 0.15) is 10.4 Å². The molecule has 0 fully saturated rings. The van der Waals surface area contributed by atoms with E-state index in [1.807, 2.05) is 0 Å². The van der Waals surface area contributed by atoms with Gasteiger partial charge in [0.05, 0.1) is 17.8 Å². The van der Waals surface area contributed by atoms with Gasteiger partial charge in [-0.2, -0.15) is 0 Å². The Kier molecular flexibility index (Phi) is 3.98. The summed E-state index contributed by atoms with van der Waals surface area (Å²) < 4.78 is 4.85. The van der Waals surface area contributed by atoms with Crippen molar-refractivity contribution >= 4 is 41.3 Å². The summed E-state index contributed by atoms with van der Waals surface area (Å²) in [6.45, 7) is 0. The number of hydrogen-bond donors (Lipinski definition) is 2. The summed E-state index contributed by atoms with van der Waals surface area (Å²) in [5.74, 6) is -1.28. The number of benzene rings is 1. The van der Waals surface area contributed by atoms with Crippen molar-refractivity contribution in [1.82, 2.24) is 0 Å². The standard InChI is InChI=1S/C9H7Cl2NO4/c1-16-8-4(9(14)15)2-5(10)7(6(8)11)12-3-13/h2-3H,1H3,(H,12,13)(H,14,15).